The predicted octanol–water partition coefficient (Wildman–Crippen LogP) is 4.69. The number of likely N-dealkylation sites (tertiary alicyclic amines) is 1. The second kappa shape index (κ2) is 6.58. The minimum atomic E-state index is 0.594. The highest BCUT2D eigenvalue weighted by atomic mass is 15.2. The molecular formula is C22H40N2. The second-order valence-electron chi connectivity index (χ2n) is 10.4. The third-order valence-electron chi connectivity index (χ3n) is 8.96. The van der Waals surface area contributed by atoms with Crippen molar-refractivity contribution in [2.45, 2.75) is 83.6 Å². The van der Waals surface area contributed by atoms with Crippen LogP contribution in [0.1, 0.15) is 78.1 Å². The summed E-state index contributed by atoms with van der Waals surface area (Å²) in [5.41, 5.74) is 1.26. The molecule has 1 N–H and O–H groups in total. The first-order valence-electron chi connectivity index (χ1n) is 10.9. The molecular weight excluding hydrogens is 292 g/mol. The molecule has 2 atom stereocenters. The lowest BCUT2D eigenvalue weighted by Gasteiger charge is -2.42. The highest BCUT2D eigenvalue weighted by Gasteiger charge is 2.47. The van der Waals surface area contributed by atoms with Gasteiger partial charge in [-0.25, -0.2) is 0 Å². The second-order valence-corrected chi connectivity index (χ2v) is 10.4. The quantitative estimate of drug-likeness (QED) is 0.789. The molecule has 0 radical (unpaired) electrons. The first kappa shape index (κ1) is 17.3. The standard InChI is InChI=1S/C22H40N2/c1-17-4-10-22(11-5-17)13-20(15-24(22)3)12-19-6-8-21(9-7-19)16-23-14-18(21)2/h17-20,23H,4-16H2,1-3H3/t17?,18-,19?,20?,21?,22?/m0/s1. The fourth-order valence-corrected chi connectivity index (χ4v) is 6.94. The Labute approximate surface area is 150 Å². The summed E-state index contributed by atoms with van der Waals surface area (Å²) in [5.74, 6) is 3.89. The van der Waals surface area contributed by atoms with E-state index in [0.717, 1.165) is 23.7 Å². The lowest BCUT2D eigenvalue weighted by Crippen LogP contribution is -2.43. The zero-order chi connectivity index (χ0) is 16.8. The van der Waals surface area contributed by atoms with Gasteiger partial charge in [0.25, 0.3) is 0 Å². The fourth-order valence-electron chi connectivity index (χ4n) is 6.94. The van der Waals surface area contributed by atoms with Gasteiger partial charge in [0.2, 0.25) is 0 Å². The van der Waals surface area contributed by atoms with Crippen LogP contribution in [-0.2, 0) is 0 Å². The van der Waals surface area contributed by atoms with Gasteiger partial charge in [0, 0.05) is 18.6 Å². The van der Waals surface area contributed by atoms with Gasteiger partial charge in [0.1, 0.15) is 0 Å². The zero-order valence-corrected chi connectivity index (χ0v) is 16.4. The Morgan fingerprint density at radius 2 is 1.67 bits per heavy atom. The van der Waals surface area contributed by atoms with Crippen LogP contribution in [0, 0.1) is 29.1 Å². The maximum absolute atomic E-state index is 3.66. The molecule has 2 nitrogen and oxygen atoms in total. The maximum Gasteiger partial charge on any atom is 0.0210 e. The van der Waals surface area contributed by atoms with Gasteiger partial charge in [0.15, 0.2) is 0 Å². The molecule has 24 heavy (non-hydrogen) atoms. The first-order valence-corrected chi connectivity index (χ1v) is 10.9. The molecule has 0 amide bonds. The van der Waals surface area contributed by atoms with Crippen molar-refractivity contribution in [3.05, 3.63) is 0 Å². The molecule has 138 valence electrons. The van der Waals surface area contributed by atoms with Crippen molar-refractivity contribution in [3.63, 3.8) is 0 Å². The van der Waals surface area contributed by atoms with E-state index >= 15 is 0 Å². The lowest BCUT2D eigenvalue weighted by atomic mass is 9.64. The molecule has 4 rings (SSSR count). The van der Waals surface area contributed by atoms with E-state index < -0.39 is 0 Å². The number of nitrogens with zero attached hydrogens (tertiary/aromatic N) is 1. The Hall–Kier alpha value is -0.0800. The average Bonchev–Trinajstić information content (AvgIpc) is 3.07. The molecule has 2 saturated heterocycles. The topological polar surface area (TPSA) is 15.3 Å². The van der Waals surface area contributed by atoms with Gasteiger partial charge in [-0.15, -0.1) is 0 Å². The molecule has 2 aliphatic carbocycles. The van der Waals surface area contributed by atoms with E-state index in [1.807, 2.05) is 0 Å². The molecule has 4 fully saturated rings. The minimum absolute atomic E-state index is 0.594. The van der Waals surface area contributed by atoms with Gasteiger partial charge in [-0.3, -0.25) is 0 Å². The van der Waals surface area contributed by atoms with E-state index in [2.05, 4.69) is 31.1 Å². The van der Waals surface area contributed by atoms with Crippen LogP contribution in [0.15, 0.2) is 0 Å². The van der Waals surface area contributed by atoms with Crippen molar-refractivity contribution in [2.75, 3.05) is 26.7 Å². The Balaban J connectivity index is 1.30. The molecule has 2 spiro atoms. The van der Waals surface area contributed by atoms with Crippen LogP contribution in [-0.4, -0.2) is 37.1 Å². The van der Waals surface area contributed by atoms with E-state index in [9.17, 15) is 0 Å². The van der Waals surface area contributed by atoms with Crippen LogP contribution in [0.5, 0.6) is 0 Å². The molecule has 1 unspecified atom stereocenters. The van der Waals surface area contributed by atoms with Crippen molar-refractivity contribution in [3.8, 4) is 0 Å². The van der Waals surface area contributed by atoms with E-state index in [1.54, 1.807) is 0 Å². The highest BCUT2D eigenvalue weighted by molar-refractivity contribution is 5.01. The molecule has 2 saturated carbocycles. The Morgan fingerprint density at radius 1 is 0.958 bits per heavy atom. The van der Waals surface area contributed by atoms with Gasteiger partial charge >= 0.3 is 0 Å². The summed E-state index contributed by atoms with van der Waals surface area (Å²) in [7, 11) is 2.43. The predicted molar refractivity (Wildman–Crippen MR) is 102 cm³/mol. The van der Waals surface area contributed by atoms with Crippen molar-refractivity contribution in [1.82, 2.24) is 10.2 Å². The molecule has 0 bridgehead atoms. The molecule has 2 heteroatoms. The summed E-state index contributed by atoms with van der Waals surface area (Å²) < 4.78 is 0. The first-order chi connectivity index (χ1) is 11.5. The van der Waals surface area contributed by atoms with E-state index in [-0.39, 0.29) is 0 Å². The van der Waals surface area contributed by atoms with Crippen LogP contribution in [0.3, 0.4) is 0 Å². The van der Waals surface area contributed by atoms with Gasteiger partial charge in [-0.05, 0) is 107 Å². The van der Waals surface area contributed by atoms with Gasteiger partial charge < -0.3 is 10.2 Å². The SMILES string of the molecule is CC1CCC2(CC1)CC(CC1CCC3(CC1)CNC[C@@H]3C)CN2C. The molecule has 4 aliphatic rings. The third kappa shape index (κ3) is 3.07. The van der Waals surface area contributed by atoms with Crippen LogP contribution in [0.4, 0.5) is 0 Å². The molecule has 2 aliphatic heterocycles. The monoisotopic (exact) mass is 332 g/mol. The van der Waals surface area contributed by atoms with Crippen LogP contribution in [0.2, 0.25) is 0 Å². The summed E-state index contributed by atoms with van der Waals surface area (Å²) >= 11 is 0. The fraction of sp³-hybridized carbons (Fsp3) is 1.00. The molecule has 0 aromatic carbocycles. The third-order valence-corrected chi connectivity index (χ3v) is 8.96. The van der Waals surface area contributed by atoms with Crippen LogP contribution >= 0.6 is 0 Å². The molecule has 0 aromatic rings. The van der Waals surface area contributed by atoms with Crippen molar-refractivity contribution < 1.29 is 0 Å². The Kier molecular flexibility index (Phi) is 4.75. The summed E-state index contributed by atoms with van der Waals surface area (Å²) in [5, 5.41) is 3.66. The van der Waals surface area contributed by atoms with Crippen LogP contribution < -0.4 is 5.32 Å². The van der Waals surface area contributed by atoms with Crippen molar-refractivity contribution in [2.24, 2.45) is 29.1 Å². The summed E-state index contributed by atoms with van der Waals surface area (Å²) in [4.78, 5) is 2.77. The number of hydrogen-bond acceptors (Lipinski definition) is 2. The smallest absolute Gasteiger partial charge is 0.0210 e. The minimum Gasteiger partial charge on any atom is -0.316 e. The van der Waals surface area contributed by atoms with Gasteiger partial charge in [0.05, 0.1) is 0 Å². The molecule has 2 heterocycles. The Bertz CT molecular complexity index is 429. The highest BCUT2D eigenvalue weighted by Crippen LogP contribution is 2.50. The van der Waals surface area contributed by atoms with Gasteiger partial charge in [-0.1, -0.05) is 13.8 Å². The van der Waals surface area contributed by atoms with E-state index in [1.165, 1.54) is 83.8 Å². The maximum atomic E-state index is 3.66. The largest absolute Gasteiger partial charge is 0.316 e. The average molecular weight is 333 g/mol. The zero-order valence-electron chi connectivity index (χ0n) is 16.4. The van der Waals surface area contributed by atoms with Crippen LogP contribution in [0.25, 0.3) is 0 Å². The normalized spacial score (nSPS) is 50.1. The lowest BCUT2D eigenvalue weighted by molar-refractivity contribution is 0.101. The van der Waals surface area contributed by atoms with E-state index in [0.29, 0.717) is 11.0 Å². The number of hydrogen-bond donors (Lipinski definition) is 1. The number of rotatable bonds is 2. The van der Waals surface area contributed by atoms with Gasteiger partial charge in [-0.2, -0.15) is 0 Å². The summed E-state index contributed by atoms with van der Waals surface area (Å²) in [6.45, 7) is 8.89. The number of nitrogens with one attached hydrogen (secondary N) is 1. The summed E-state index contributed by atoms with van der Waals surface area (Å²) in [6.07, 6.45) is 14.9. The van der Waals surface area contributed by atoms with Crippen molar-refractivity contribution in [1.29, 1.82) is 0 Å². The van der Waals surface area contributed by atoms with Crippen molar-refractivity contribution >= 4 is 0 Å². The van der Waals surface area contributed by atoms with E-state index in [4.69, 9.17) is 0 Å². The summed E-state index contributed by atoms with van der Waals surface area (Å²) in [6, 6.07) is 0. The molecule has 0 aromatic heterocycles. The Morgan fingerprint density at radius 3 is 2.29 bits per heavy atom.